The Kier molecular flexibility index (Phi) is 15.3. The second-order valence-corrected chi connectivity index (χ2v) is 14.6. The summed E-state index contributed by atoms with van der Waals surface area (Å²) in [6, 6.07) is 1.04. The first-order valence-electron chi connectivity index (χ1n) is 19.2. The molecule has 0 bridgehead atoms. The van der Waals surface area contributed by atoms with Gasteiger partial charge in [-0.15, -0.1) is 0 Å². The van der Waals surface area contributed by atoms with Crippen LogP contribution in [0.5, 0.6) is 5.75 Å². The van der Waals surface area contributed by atoms with Gasteiger partial charge in [0.2, 0.25) is 35.4 Å². The maximum absolute atomic E-state index is 14.2. The van der Waals surface area contributed by atoms with Gasteiger partial charge < -0.3 is 41.3 Å². The van der Waals surface area contributed by atoms with Crippen LogP contribution in [0, 0.1) is 5.92 Å². The molecule has 2 saturated heterocycles. The summed E-state index contributed by atoms with van der Waals surface area (Å²) in [5.41, 5.74) is 0.487. The van der Waals surface area contributed by atoms with Crippen molar-refractivity contribution in [3.63, 3.8) is 0 Å². The summed E-state index contributed by atoms with van der Waals surface area (Å²) in [4.78, 5) is 83.6. The normalized spacial score (nSPS) is 21.7. The van der Waals surface area contributed by atoms with E-state index in [2.05, 4.69) is 21.3 Å². The Labute approximate surface area is 306 Å². The lowest BCUT2D eigenvalue weighted by molar-refractivity contribution is -0.147. The highest BCUT2D eigenvalue weighted by Gasteiger charge is 2.41. The van der Waals surface area contributed by atoms with Gasteiger partial charge in [0.15, 0.2) is 0 Å². The average Bonchev–Trinajstić information content (AvgIpc) is 3.64. The van der Waals surface area contributed by atoms with E-state index in [1.165, 1.54) is 55.0 Å². The molecule has 3 aliphatic rings. The Bertz CT molecular complexity index is 1400. The number of nitrogens with zero attached hydrogens (tertiary/aromatic N) is 2. The van der Waals surface area contributed by atoms with Gasteiger partial charge in [-0.1, -0.05) is 51.2 Å². The molecule has 1 saturated carbocycles. The molecule has 0 aromatic heterocycles. The van der Waals surface area contributed by atoms with Gasteiger partial charge in [-0.3, -0.25) is 28.8 Å². The molecule has 1 aromatic rings. The SMILES string of the molecule is CCCNC(=O)[C@@H](NC(=O)[C@@H]1CCCN1C(=O)[C@H](C)NC(=O)[C@@H]1CCCCN1C(=O)[C@@H](NC(=O)CCC1CCCCC1)c1ccc(O)cc1)[C@@H](C)O. The molecule has 6 atom stereocenters. The number of hydrogen-bond acceptors (Lipinski definition) is 8. The number of carbonyl (C=O) groups is 6. The predicted molar refractivity (Wildman–Crippen MR) is 193 cm³/mol. The molecule has 0 unspecified atom stereocenters. The Morgan fingerprint density at radius 3 is 2.02 bits per heavy atom. The number of aliphatic hydroxyl groups excluding tert-OH is 1. The van der Waals surface area contributed by atoms with Gasteiger partial charge in [0.05, 0.1) is 6.10 Å². The molecule has 4 rings (SSSR count). The minimum atomic E-state index is -1.18. The molecule has 0 spiro atoms. The highest BCUT2D eigenvalue weighted by atomic mass is 16.3. The van der Waals surface area contributed by atoms with Gasteiger partial charge in [0.25, 0.3) is 0 Å². The Balaban J connectivity index is 1.42. The van der Waals surface area contributed by atoms with Gasteiger partial charge in [0, 0.05) is 26.1 Å². The van der Waals surface area contributed by atoms with Crippen LogP contribution >= 0.6 is 0 Å². The molecular weight excluding hydrogens is 668 g/mol. The zero-order valence-corrected chi connectivity index (χ0v) is 30.9. The molecule has 14 nitrogen and oxygen atoms in total. The van der Waals surface area contributed by atoms with E-state index in [1.807, 2.05) is 6.92 Å². The number of aliphatic hydroxyl groups is 1. The summed E-state index contributed by atoms with van der Waals surface area (Å²) in [6.45, 7) is 5.78. The monoisotopic (exact) mass is 726 g/mol. The number of phenols is 1. The summed E-state index contributed by atoms with van der Waals surface area (Å²) in [5.74, 6) is -2.25. The topological polar surface area (TPSA) is 197 Å². The fourth-order valence-electron chi connectivity index (χ4n) is 7.57. The first kappa shape index (κ1) is 40.6. The molecule has 1 aliphatic carbocycles. The van der Waals surface area contributed by atoms with Crippen molar-refractivity contribution in [1.82, 2.24) is 31.1 Å². The lowest BCUT2D eigenvalue weighted by atomic mass is 9.86. The summed E-state index contributed by atoms with van der Waals surface area (Å²) < 4.78 is 0. The van der Waals surface area contributed by atoms with Crippen LogP contribution in [0.3, 0.4) is 0 Å². The van der Waals surface area contributed by atoms with Crippen molar-refractivity contribution in [2.45, 2.75) is 141 Å². The van der Waals surface area contributed by atoms with E-state index in [4.69, 9.17) is 0 Å². The molecule has 1 aromatic carbocycles. The molecule has 2 aliphatic heterocycles. The number of carbonyl (C=O) groups excluding carboxylic acids is 6. The third-order valence-corrected chi connectivity index (χ3v) is 10.6. The standard InChI is InChI=1S/C38H58N6O8/c1-4-21-39-36(50)32(25(3)45)42-35(49)30-14-10-23-43(30)37(51)24(2)40-34(48)29-13-8-9-22-44(29)38(52)33(27-16-18-28(46)19-17-27)41-31(47)20-15-26-11-6-5-7-12-26/h16-19,24-26,29-30,32-33,45-46H,4-15,20-23H2,1-3H3,(H,39,50)(H,40,48)(H,41,47)(H,42,49)/t24-,25+,29-,30-,32-,33-/m0/s1. The van der Waals surface area contributed by atoms with Crippen LogP contribution in [0.1, 0.15) is 116 Å². The van der Waals surface area contributed by atoms with Crippen molar-refractivity contribution in [2.24, 2.45) is 5.92 Å². The third-order valence-electron chi connectivity index (χ3n) is 10.6. The van der Waals surface area contributed by atoms with E-state index in [-0.39, 0.29) is 31.2 Å². The number of likely N-dealkylation sites (tertiary alicyclic amines) is 2. The number of phenolic OH excluding ortho intramolecular Hbond substituents is 1. The lowest BCUT2D eigenvalue weighted by Crippen LogP contribution is -2.60. The molecule has 3 fully saturated rings. The second-order valence-electron chi connectivity index (χ2n) is 14.6. The number of aromatic hydroxyl groups is 1. The summed E-state index contributed by atoms with van der Waals surface area (Å²) in [5, 5.41) is 31.0. The van der Waals surface area contributed by atoms with Gasteiger partial charge >= 0.3 is 0 Å². The molecule has 288 valence electrons. The number of nitrogens with one attached hydrogen (secondary N) is 4. The van der Waals surface area contributed by atoms with Crippen LogP contribution in [0.2, 0.25) is 0 Å². The fourth-order valence-corrected chi connectivity index (χ4v) is 7.57. The van der Waals surface area contributed by atoms with E-state index < -0.39 is 65.8 Å². The van der Waals surface area contributed by atoms with Crippen molar-refractivity contribution in [3.05, 3.63) is 29.8 Å². The molecule has 14 heteroatoms. The number of rotatable bonds is 15. The largest absolute Gasteiger partial charge is 0.508 e. The van der Waals surface area contributed by atoms with Crippen molar-refractivity contribution in [2.75, 3.05) is 19.6 Å². The van der Waals surface area contributed by atoms with Gasteiger partial charge in [-0.05, 0) is 82.4 Å². The molecule has 0 radical (unpaired) electrons. The van der Waals surface area contributed by atoms with Crippen molar-refractivity contribution < 1.29 is 39.0 Å². The van der Waals surface area contributed by atoms with Crippen LogP contribution in [-0.2, 0) is 28.8 Å². The minimum Gasteiger partial charge on any atom is -0.508 e. The number of amides is 6. The number of benzene rings is 1. The molecule has 6 N–H and O–H groups in total. The number of hydrogen-bond donors (Lipinski definition) is 6. The van der Waals surface area contributed by atoms with Crippen LogP contribution in [-0.4, -0.2) is 105 Å². The fraction of sp³-hybridized carbons (Fsp3) is 0.684. The smallest absolute Gasteiger partial charge is 0.250 e. The van der Waals surface area contributed by atoms with Gasteiger partial charge in [-0.2, -0.15) is 0 Å². The highest BCUT2D eigenvalue weighted by Crippen LogP contribution is 2.29. The van der Waals surface area contributed by atoms with Gasteiger partial charge in [-0.25, -0.2) is 0 Å². The first-order chi connectivity index (χ1) is 24.9. The summed E-state index contributed by atoms with van der Waals surface area (Å²) in [7, 11) is 0. The predicted octanol–water partition coefficient (Wildman–Crippen LogP) is 2.18. The van der Waals surface area contributed by atoms with Crippen LogP contribution < -0.4 is 21.3 Å². The molecule has 6 amide bonds. The average molecular weight is 727 g/mol. The Morgan fingerprint density at radius 2 is 1.37 bits per heavy atom. The van der Waals surface area contributed by atoms with Crippen LogP contribution in [0.4, 0.5) is 0 Å². The van der Waals surface area contributed by atoms with Crippen LogP contribution in [0.25, 0.3) is 0 Å². The van der Waals surface area contributed by atoms with Crippen molar-refractivity contribution in [3.8, 4) is 5.75 Å². The van der Waals surface area contributed by atoms with E-state index in [0.717, 1.165) is 19.3 Å². The molecular formula is C38H58N6O8. The molecule has 2 heterocycles. The Morgan fingerprint density at radius 1 is 0.769 bits per heavy atom. The van der Waals surface area contributed by atoms with E-state index in [0.29, 0.717) is 56.6 Å². The van der Waals surface area contributed by atoms with Gasteiger partial charge in [0.1, 0.15) is 36.0 Å². The quantitative estimate of drug-likeness (QED) is 0.158. The van der Waals surface area contributed by atoms with E-state index in [9.17, 15) is 39.0 Å². The summed E-state index contributed by atoms with van der Waals surface area (Å²) >= 11 is 0. The third kappa shape index (κ3) is 10.9. The number of piperidine rings is 1. The maximum atomic E-state index is 14.2. The lowest BCUT2D eigenvalue weighted by Gasteiger charge is -2.38. The first-order valence-corrected chi connectivity index (χ1v) is 19.2. The highest BCUT2D eigenvalue weighted by molar-refractivity contribution is 5.97. The zero-order chi connectivity index (χ0) is 37.8. The zero-order valence-electron chi connectivity index (χ0n) is 30.9. The van der Waals surface area contributed by atoms with E-state index >= 15 is 0 Å². The maximum Gasteiger partial charge on any atom is 0.250 e. The van der Waals surface area contributed by atoms with E-state index in [1.54, 1.807) is 12.1 Å². The summed E-state index contributed by atoms with van der Waals surface area (Å²) in [6.07, 6.45) is 8.95. The van der Waals surface area contributed by atoms with Crippen molar-refractivity contribution >= 4 is 35.4 Å². The minimum absolute atomic E-state index is 0.0189. The second kappa shape index (κ2) is 19.6. The Hall–Kier alpha value is -4.20. The van der Waals surface area contributed by atoms with Crippen LogP contribution in [0.15, 0.2) is 24.3 Å². The molecule has 52 heavy (non-hydrogen) atoms. The van der Waals surface area contributed by atoms with Crippen molar-refractivity contribution in [1.29, 1.82) is 0 Å².